The molecule has 1 atom stereocenters. The van der Waals surface area contributed by atoms with E-state index in [0.29, 0.717) is 17.2 Å². The van der Waals surface area contributed by atoms with Crippen LogP contribution in [0.15, 0.2) is 46.9 Å². The number of rotatable bonds is 11. The van der Waals surface area contributed by atoms with Crippen molar-refractivity contribution in [3.8, 4) is 17.3 Å². The van der Waals surface area contributed by atoms with E-state index in [1.54, 1.807) is 32.0 Å². The molecule has 0 spiro atoms. The minimum atomic E-state index is -4.73. The second-order valence-electron chi connectivity index (χ2n) is 10.3. The van der Waals surface area contributed by atoms with Gasteiger partial charge in [-0.2, -0.15) is 23.3 Å². The van der Waals surface area contributed by atoms with Crippen molar-refractivity contribution in [1.29, 1.82) is 0 Å². The van der Waals surface area contributed by atoms with Crippen molar-refractivity contribution >= 4 is 33.8 Å². The van der Waals surface area contributed by atoms with Crippen LogP contribution in [0.1, 0.15) is 43.6 Å². The molecule has 0 aliphatic carbocycles. The summed E-state index contributed by atoms with van der Waals surface area (Å²) in [6.45, 7) is 4.74. The first-order valence-corrected chi connectivity index (χ1v) is 15.2. The summed E-state index contributed by atoms with van der Waals surface area (Å²) in [5.74, 6) is -0.441. The van der Waals surface area contributed by atoms with Gasteiger partial charge >= 0.3 is 6.18 Å². The Morgan fingerprint density at radius 2 is 1.76 bits per heavy atom. The molecule has 1 aliphatic heterocycles. The molecular weight excluding hydrogens is 619 g/mol. The molecular formula is C28H32F3N7O6S. The molecule has 13 nitrogen and oxygen atoms in total. The molecule has 0 fully saturated rings. The maximum Gasteiger partial charge on any atom is 0.435 e. The van der Waals surface area contributed by atoms with E-state index in [4.69, 9.17) is 14.2 Å². The van der Waals surface area contributed by atoms with Crippen LogP contribution in [0.25, 0.3) is 5.82 Å². The van der Waals surface area contributed by atoms with Gasteiger partial charge in [0.1, 0.15) is 11.5 Å². The molecule has 4 rings (SSSR count). The van der Waals surface area contributed by atoms with Crippen LogP contribution in [-0.2, 0) is 31.1 Å². The molecule has 0 radical (unpaired) electrons. The Bertz CT molecular complexity index is 1750. The Kier molecular flexibility index (Phi) is 9.41. The van der Waals surface area contributed by atoms with Crippen LogP contribution in [0, 0.1) is 6.92 Å². The molecule has 17 heteroatoms. The van der Waals surface area contributed by atoms with Crippen molar-refractivity contribution in [2.45, 2.75) is 45.2 Å². The number of ether oxygens (including phenoxy) is 3. The van der Waals surface area contributed by atoms with Gasteiger partial charge in [-0.3, -0.25) is 4.79 Å². The summed E-state index contributed by atoms with van der Waals surface area (Å²) in [6.07, 6.45) is -1.79. The fourth-order valence-electron chi connectivity index (χ4n) is 4.64. The zero-order valence-electron chi connectivity index (χ0n) is 25.3. The highest BCUT2D eigenvalue weighted by Crippen LogP contribution is 2.38. The number of amides is 1. The molecule has 3 heterocycles. The average molecular weight is 652 g/mol. The zero-order valence-corrected chi connectivity index (χ0v) is 26.1. The second-order valence-corrected chi connectivity index (χ2v) is 12.2. The normalized spacial score (nSPS) is 16.8. The Labute approximate surface area is 257 Å². The van der Waals surface area contributed by atoms with Crippen molar-refractivity contribution in [1.82, 2.24) is 24.5 Å². The number of aryl methyl sites for hydroxylation is 1. The van der Waals surface area contributed by atoms with Crippen molar-refractivity contribution in [2.24, 2.45) is 4.99 Å². The van der Waals surface area contributed by atoms with Gasteiger partial charge in [-0.1, -0.05) is 6.92 Å². The van der Waals surface area contributed by atoms with Gasteiger partial charge in [0.2, 0.25) is 21.9 Å². The summed E-state index contributed by atoms with van der Waals surface area (Å²) >= 11 is 0. The van der Waals surface area contributed by atoms with Crippen molar-refractivity contribution in [3.63, 3.8) is 0 Å². The Hall–Kier alpha value is -4.67. The average Bonchev–Trinajstić information content (AvgIpc) is 3.38. The lowest BCUT2D eigenvalue weighted by Gasteiger charge is -2.31. The summed E-state index contributed by atoms with van der Waals surface area (Å²) < 4.78 is 84.6. The highest BCUT2D eigenvalue weighted by molar-refractivity contribution is 7.90. The molecule has 0 bridgehead atoms. The van der Waals surface area contributed by atoms with Crippen molar-refractivity contribution < 1.29 is 40.6 Å². The Balaban J connectivity index is 1.83. The third-order valence-electron chi connectivity index (χ3n) is 6.83. The summed E-state index contributed by atoms with van der Waals surface area (Å²) in [6, 6.07) is 5.82. The third-order valence-corrected chi connectivity index (χ3v) is 8.27. The SMILES string of the molecule is CCCS(=O)(=O)NC(=O)C1=C(OC)N=CC(C)(c2cnc(Nc3cc(OC)cc(OC)c3)nc2-n2nc(C(F)(F)F)cc2C)C1. The van der Waals surface area contributed by atoms with Gasteiger partial charge in [-0.15, -0.1) is 0 Å². The topological polar surface area (TPSA) is 159 Å². The molecule has 0 saturated carbocycles. The predicted molar refractivity (Wildman–Crippen MR) is 158 cm³/mol. The van der Waals surface area contributed by atoms with Gasteiger partial charge in [0, 0.05) is 53.0 Å². The number of carbonyl (C=O) groups is 1. The molecule has 45 heavy (non-hydrogen) atoms. The molecule has 0 saturated heterocycles. The summed E-state index contributed by atoms with van der Waals surface area (Å²) in [5, 5.41) is 6.79. The monoisotopic (exact) mass is 651 g/mol. The maximum atomic E-state index is 13.7. The highest BCUT2D eigenvalue weighted by atomic mass is 32.2. The Morgan fingerprint density at radius 1 is 1.09 bits per heavy atom. The number of hydrogen-bond donors (Lipinski definition) is 2. The number of anilines is 2. The van der Waals surface area contributed by atoms with Gasteiger partial charge in [0.25, 0.3) is 5.91 Å². The van der Waals surface area contributed by atoms with E-state index in [2.05, 4.69) is 25.4 Å². The molecule has 242 valence electrons. The second kappa shape index (κ2) is 12.7. The zero-order chi connectivity index (χ0) is 33.2. The number of methoxy groups -OCH3 is 3. The van der Waals surface area contributed by atoms with Crippen LogP contribution in [0.2, 0.25) is 0 Å². The molecule has 3 aromatic rings. The van der Waals surface area contributed by atoms with E-state index in [9.17, 15) is 26.4 Å². The number of alkyl halides is 3. The standard InChI is InChI=1S/C28H32F3N7O6S/c1-7-8-45(40,41)37-24(39)20-13-27(3,15-33-25(20)44-6)21-14-32-26(34-17-10-18(42-4)12-19(11-17)43-5)35-23(21)38-16(2)9-22(36-38)28(29,30)31/h9-12,14-15H,7-8,13H2,1-6H3,(H,37,39)(H,32,34,35). The van der Waals surface area contributed by atoms with E-state index < -0.39 is 33.2 Å². The highest BCUT2D eigenvalue weighted by Gasteiger charge is 2.39. The first kappa shape index (κ1) is 33.2. The van der Waals surface area contributed by atoms with Crippen LogP contribution in [-0.4, -0.2) is 67.4 Å². The van der Waals surface area contributed by atoms with E-state index in [1.807, 2.05) is 4.72 Å². The summed E-state index contributed by atoms with van der Waals surface area (Å²) in [4.78, 5) is 26.3. The van der Waals surface area contributed by atoms with Crippen molar-refractivity contribution in [3.05, 3.63) is 58.9 Å². The lowest BCUT2D eigenvalue weighted by atomic mass is 9.77. The number of carbonyl (C=O) groups excluding carboxylic acids is 1. The summed E-state index contributed by atoms with van der Waals surface area (Å²) in [7, 11) is 0.288. The number of nitrogens with zero attached hydrogens (tertiary/aromatic N) is 5. The number of hydrogen-bond acceptors (Lipinski definition) is 11. The molecule has 1 amide bonds. The number of nitrogens with one attached hydrogen (secondary N) is 2. The lowest BCUT2D eigenvalue weighted by Crippen LogP contribution is -2.38. The fourth-order valence-corrected chi connectivity index (χ4v) is 5.69. The van der Waals surface area contributed by atoms with Crippen molar-refractivity contribution in [2.75, 3.05) is 32.4 Å². The molecule has 2 N–H and O–H groups in total. The number of aliphatic imine (C=N–C) groups is 1. The third kappa shape index (κ3) is 7.35. The molecule has 2 aromatic heterocycles. The van der Waals surface area contributed by atoms with Crippen LogP contribution in [0.5, 0.6) is 11.5 Å². The summed E-state index contributed by atoms with van der Waals surface area (Å²) in [5.41, 5.74) is -1.63. The minimum absolute atomic E-state index is 0.000566. The van der Waals surface area contributed by atoms with Gasteiger partial charge in [0.15, 0.2) is 11.5 Å². The van der Waals surface area contributed by atoms with E-state index in [1.165, 1.54) is 40.7 Å². The van der Waals surface area contributed by atoms with E-state index in [-0.39, 0.29) is 53.1 Å². The van der Waals surface area contributed by atoms with Gasteiger partial charge in [0.05, 0.1) is 32.7 Å². The smallest absolute Gasteiger partial charge is 0.435 e. The van der Waals surface area contributed by atoms with Crippen LogP contribution < -0.4 is 19.5 Å². The molecule has 1 aliphatic rings. The van der Waals surface area contributed by atoms with Gasteiger partial charge in [-0.25, -0.2) is 27.8 Å². The first-order chi connectivity index (χ1) is 21.1. The molecule has 1 aromatic carbocycles. The number of benzene rings is 1. The quantitative estimate of drug-likeness (QED) is 0.308. The van der Waals surface area contributed by atoms with Crippen LogP contribution in [0.4, 0.5) is 24.8 Å². The number of aromatic nitrogens is 4. The van der Waals surface area contributed by atoms with Gasteiger partial charge < -0.3 is 19.5 Å². The molecule has 1 unspecified atom stereocenters. The Morgan fingerprint density at radius 3 is 2.31 bits per heavy atom. The first-order valence-electron chi connectivity index (χ1n) is 13.5. The van der Waals surface area contributed by atoms with Crippen LogP contribution >= 0.6 is 0 Å². The van der Waals surface area contributed by atoms with Crippen LogP contribution in [0.3, 0.4) is 0 Å². The van der Waals surface area contributed by atoms with E-state index >= 15 is 0 Å². The number of sulfonamides is 1. The fraction of sp³-hybridized carbons (Fsp3) is 0.393. The maximum absolute atomic E-state index is 13.7. The largest absolute Gasteiger partial charge is 0.497 e. The minimum Gasteiger partial charge on any atom is -0.497 e. The lowest BCUT2D eigenvalue weighted by molar-refractivity contribution is -0.141. The van der Waals surface area contributed by atoms with Gasteiger partial charge in [-0.05, 0) is 32.8 Å². The predicted octanol–water partition coefficient (Wildman–Crippen LogP) is 4.20. The van der Waals surface area contributed by atoms with E-state index in [0.717, 1.165) is 10.7 Å². The number of halogens is 3.